The molecule has 1 aliphatic rings. The lowest BCUT2D eigenvalue weighted by Crippen LogP contribution is -2.53. The van der Waals surface area contributed by atoms with Crippen LogP contribution in [0.1, 0.15) is 28.6 Å². The number of nitrogens with zero attached hydrogens (tertiary/aromatic N) is 2. The number of likely N-dealkylation sites (N-methyl/N-ethyl adjacent to an activating group) is 1. The van der Waals surface area contributed by atoms with Crippen molar-refractivity contribution in [3.63, 3.8) is 0 Å². The van der Waals surface area contributed by atoms with Crippen molar-refractivity contribution in [2.24, 2.45) is 0 Å². The molecule has 27 heavy (non-hydrogen) atoms. The largest absolute Gasteiger partial charge is 0.378 e. The van der Waals surface area contributed by atoms with Crippen LogP contribution in [0.2, 0.25) is 0 Å². The number of rotatable bonds is 6. The predicted molar refractivity (Wildman–Crippen MR) is 97.6 cm³/mol. The van der Waals surface area contributed by atoms with Gasteiger partial charge in [-0.05, 0) is 24.1 Å². The molecule has 2 amide bonds. The van der Waals surface area contributed by atoms with Crippen molar-refractivity contribution >= 4 is 11.8 Å². The molecule has 2 atom stereocenters. The summed E-state index contributed by atoms with van der Waals surface area (Å²) in [5.74, 6) is -0.421. The highest BCUT2D eigenvalue weighted by molar-refractivity contribution is 5.86. The van der Waals surface area contributed by atoms with Gasteiger partial charge < -0.3 is 19.7 Å². The molecular formula is C19H24N4O4. The molecule has 0 spiro atoms. The number of morpholine rings is 1. The second-order valence-corrected chi connectivity index (χ2v) is 6.57. The van der Waals surface area contributed by atoms with Gasteiger partial charge in [0.1, 0.15) is 6.61 Å². The molecule has 1 aliphatic heterocycles. The van der Waals surface area contributed by atoms with Crippen molar-refractivity contribution in [1.29, 1.82) is 0 Å². The minimum absolute atomic E-state index is 0.112. The van der Waals surface area contributed by atoms with E-state index in [2.05, 4.69) is 15.5 Å². The van der Waals surface area contributed by atoms with Gasteiger partial charge in [-0.2, -0.15) is 5.10 Å². The Morgan fingerprint density at radius 3 is 2.96 bits per heavy atom. The molecule has 8 heteroatoms. The lowest BCUT2D eigenvalue weighted by atomic mass is 9.94. The summed E-state index contributed by atoms with van der Waals surface area (Å²) in [6.07, 6.45) is -0.782. The van der Waals surface area contributed by atoms with Gasteiger partial charge in [-0.3, -0.25) is 14.7 Å². The molecule has 1 fully saturated rings. The third kappa shape index (κ3) is 4.17. The van der Waals surface area contributed by atoms with Crippen molar-refractivity contribution < 1.29 is 19.1 Å². The number of carbonyl (C=O) groups is 2. The summed E-state index contributed by atoms with van der Waals surface area (Å²) in [5.41, 5.74) is 3.43. The zero-order valence-corrected chi connectivity index (χ0v) is 15.7. The van der Waals surface area contributed by atoms with E-state index < -0.39 is 12.1 Å². The summed E-state index contributed by atoms with van der Waals surface area (Å²) in [6.45, 7) is 2.53. The summed E-state index contributed by atoms with van der Waals surface area (Å²) in [7, 11) is 3.30. The molecule has 3 rings (SSSR count). The van der Waals surface area contributed by atoms with Crippen LogP contribution in [-0.2, 0) is 32.2 Å². The molecule has 1 aromatic carbocycles. The van der Waals surface area contributed by atoms with E-state index in [0.29, 0.717) is 6.61 Å². The molecule has 0 aliphatic carbocycles. The number of aromatic amines is 1. The molecular weight excluding hydrogens is 348 g/mol. The first-order valence-corrected chi connectivity index (χ1v) is 8.74. The van der Waals surface area contributed by atoms with E-state index in [9.17, 15) is 9.59 Å². The Morgan fingerprint density at radius 1 is 1.44 bits per heavy atom. The SMILES string of the molecule is COCc1cc(CNC(=O)[C@H]2OCC(=O)N(C)[C@@H]2c2ccccc2C)[nH]n1. The molecule has 0 saturated carbocycles. The summed E-state index contributed by atoms with van der Waals surface area (Å²) in [4.78, 5) is 26.5. The van der Waals surface area contributed by atoms with Crippen LogP contribution in [0, 0.1) is 6.92 Å². The van der Waals surface area contributed by atoms with E-state index in [1.807, 2.05) is 37.3 Å². The van der Waals surface area contributed by atoms with Gasteiger partial charge in [-0.15, -0.1) is 0 Å². The standard InChI is InChI=1S/C19H24N4O4/c1-12-6-4-5-7-15(12)17-18(27-11-16(24)23(17)2)19(25)20-9-13-8-14(10-26-3)22-21-13/h4-8,17-18H,9-11H2,1-3H3,(H,20,25)(H,21,22)/t17-,18+/m1/s1. The van der Waals surface area contributed by atoms with Crippen LogP contribution < -0.4 is 5.32 Å². The number of H-pyrrole nitrogens is 1. The number of aryl methyl sites for hydroxylation is 1. The first-order valence-electron chi connectivity index (χ1n) is 8.74. The normalized spacial score (nSPS) is 20.0. The Morgan fingerprint density at radius 2 is 2.22 bits per heavy atom. The lowest BCUT2D eigenvalue weighted by Gasteiger charge is -2.38. The number of aromatic nitrogens is 2. The number of hydrogen-bond donors (Lipinski definition) is 2. The maximum Gasteiger partial charge on any atom is 0.252 e. The van der Waals surface area contributed by atoms with Crippen LogP contribution in [-0.4, -0.2) is 53.8 Å². The minimum Gasteiger partial charge on any atom is -0.378 e. The average molecular weight is 372 g/mol. The number of nitrogens with one attached hydrogen (secondary N) is 2. The first-order chi connectivity index (χ1) is 13.0. The molecule has 144 valence electrons. The van der Waals surface area contributed by atoms with E-state index in [4.69, 9.17) is 9.47 Å². The highest BCUT2D eigenvalue weighted by Gasteiger charge is 2.40. The fourth-order valence-electron chi connectivity index (χ4n) is 3.23. The van der Waals surface area contributed by atoms with Crippen LogP contribution >= 0.6 is 0 Å². The number of amides is 2. The van der Waals surface area contributed by atoms with Crippen molar-refractivity contribution in [3.8, 4) is 0 Å². The molecule has 0 bridgehead atoms. The third-order valence-corrected chi connectivity index (χ3v) is 4.68. The summed E-state index contributed by atoms with van der Waals surface area (Å²) in [5, 5.41) is 9.84. The predicted octanol–water partition coefficient (Wildman–Crippen LogP) is 1.08. The lowest BCUT2D eigenvalue weighted by molar-refractivity contribution is -0.162. The smallest absolute Gasteiger partial charge is 0.252 e. The van der Waals surface area contributed by atoms with Crippen molar-refractivity contribution in [3.05, 3.63) is 52.8 Å². The third-order valence-electron chi connectivity index (χ3n) is 4.68. The zero-order valence-electron chi connectivity index (χ0n) is 15.7. The van der Waals surface area contributed by atoms with E-state index in [-0.39, 0.29) is 25.0 Å². The summed E-state index contributed by atoms with van der Waals surface area (Å²) < 4.78 is 10.7. The van der Waals surface area contributed by atoms with Gasteiger partial charge in [0.15, 0.2) is 6.10 Å². The van der Waals surface area contributed by atoms with Gasteiger partial charge in [0.25, 0.3) is 5.91 Å². The van der Waals surface area contributed by atoms with Crippen LogP contribution in [0.5, 0.6) is 0 Å². The highest BCUT2D eigenvalue weighted by atomic mass is 16.5. The van der Waals surface area contributed by atoms with Crippen LogP contribution in [0.4, 0.5) is 0 Å². The topological polar surface area (TPSA) is 96.5 Å². The summed E-state index contributed by atoms with van der Waals surface area (Å²) >= 11 is 0. The van der Waals surface area contributed by atoms with Crippen molar-refractivity contribution in [2.75, 3.05) is 20.8 Å². The van der Waals surface area contributed by atoms with E-state index in [1.54, 1.807) is 19.1 Å². The van der Waals surface area contributed by atoms with Gasteiger partial charge >= 0.3 is 0 Å². The Balaban J connectivity index is 1.74. The second-order valence-electron chi connectivity index (χ2n) is 6.57. The monoisotopic (exact) mass is 372 g/mol. The zero-order chi connectivity index (χ0) is 19.4. The maximum atomic E-state index is 12.8. The first kappa shape index (κ1) is 19.1. The van der Waals surface area contributed by atoms with Gasteiger partial charge in [0.2, 0.25) is 5.91 Å². The average Bonchev–Trinajstić information content (AvgIpc) is 3.10. The number of methoxy groups -OCH3 is 1. The second kappa shape index (κ2) is 8.32. The Hall–Kier alpha value is -2.71. The van der Waals surface area contributed by atoms with Gasteiger partial charge in [0, 0.05) is 14.2 Å². The Bertz CT molecular complexity index is 820. The molecule has 1 aromatic heterocycles. The number of carbonyl (C=O) groups excluding carboxylic acids is 2. The van der Waals surface area contributed by atoms with E-state index >= 15 is 0 Å². The van der Waals surface area contributed by atoms with Crippen LogP contribution in [0.3, 0.4) is 0 Å². The van der Waals surface area contributed by atoms with Gasteiger partial charge in [-0.1, -0.05) is 24.3 Å². The Labute approximate surface area is 157 Å². The molecule has 0 unspecified atom stereocenters. The fourth-order valence-corrected chi connectivity index (χ4v) is 3.23. The molecule has 2 N–H and O–H groups in total. The van der Waals surface area contributed by atoms with Crippen molar-refractivity contribution in [1.82, 2.24) is 20.4 Å². The molecule has 0 radical (unpaired) electrons. The molecule has 8 nitrogen and oxygen atoms in total. The maximum absolute atomic E-state index is 12.8. The van der Waals surface area contributed by atoms with Crippen molar-refractivity contribution in [2.45, 2.75) is 32.2 Å². The summed E-state index contributed by atoms with van der Waals surface area (Å²) in [6, 6.07) is 9.06. The number of benzene rings is 1. The van der Waals surface area contributed by atoms with Gasteiger partial charge in [-0.25, -0.2) is 0 Å². The molecule has 2 heterocycles. The molecule has 2 aromatic rings. The molecule has 1 saturated heterocycles. The number of ether oxygens (including phenoxy) is 2. The highest BCUT2D eigenvalue weighted by Crippen LogP contribution is 2.31. The Kier molecular flexibility index (Phi) is 5.88. The van der Waals surface area contributed by atoms with Gasteiger partial charge in [0.05, 0.1) is 30.6 Å². The van der Waals surface area contributed by atoms with Crippen LogP contribution in [0.25, 0.3) is 0 Å². The fraction of sp³-hybridized carbons (Fsp3) is 0.421. The quantitative estimate of drug-likeness (QED) is 0.791. The van der Waals surface area contributed by atoms with E-state index in [1.165, 1.54) is 0 Å². The number of hydrogen-bond acceptors (Lipinski definition) is 5. The van der Waals surface area contributed by atoms with Crippen LogP contribution in [0.15, 0.2) is 30.3 Å². The minimum atomic E-state index is -0.782. The van der Waals surface area contributed by atoms with E-state index in [0.717, 1.165) is 22.5 Å².